The van der Waals surface area contributed by atoms with Crippen LogP contribution in [0.25, 0.3) is 0 Å². The lowest BCUT2D eigenvalue weighted by molar-refractivity contribution is -0.0500. The van der Waals surface area contributed by atoms with Gasteiger partial charge in [0.25, 0.3) is 0 Å². The molecule has 1 aliphatic carbocycles. The molecule has 3 nitrogen and oxygen atoms in total. The van der Waals surface area contributed by atoms with Crippen molar-refractivity contribution in [1.82, 2.24) is 5.32 Å². The summed E-state index contributed by atoms with van der Waals surface area (Å²) in [6, 6.07) is 14.1. The second-order valence-electron chi connectivity index (χ2n) is 7.47. The van der Waals surface area contributed by atoms with Crippen molar-refractivity contribution in [3.8, 4) is 0 Å². The van der Waals surface area contributed by atoms with Gasteiger partial charge in [0.05, 0.1) is 5.60 Å². The molecule has 3 rings (SSSR count). The Hall–Kier alpha value is -1.46. The lowest BCUT2D eigenvalue weighted by atomic mass is 9.77. The molecule has 158 valence electrons. The molecule has 0 radical (unpaired) electrons. The summed E-state index contributed by atoms with van der Waals surface area (Å²) in [5.41, 5.74) is 1.52. The summed E-state index contributed by atoms with van der Waals surface area (Å²) < 4.78 is 18.9. The Morgan fingerprint density at radius 2 is 1.76 bits per heavy atom. The van der Waals surface area contributed by atoms with E-state index in [-0.39, 0.29) is 29.6 Å². The summed E-state index contributed by atoms with van der Waals surface area (Å²) in [5, 5.41) is 4.31. The zero-order chi connectivity index (χ0) is 20.0. The van der Waals surface area contributed by atoms with E-state index in [9.17, 15) is 9.18 Å². The number of halogens is 3. The van der Waals surface area contributed by atoms with E-state index < -0.39 is 0 Å². The summed E-state index contributed by atoms with van der Waals surface area (Å²) in [7, 11) is 1.78. The second kappa shape index (κ2) is 11.1. The fraction of sp³-hybridized carbons (Fsp3) is 0.435. The zero-order valence-corrected chi connectivity index (χ0v) is 18.2. The van der Waals surface area contributed by atoms with Gasteiger partial charge in [-0.2, -0.15) is 0 Å². The van der Waals surface area contributed by atoms with Gasteiger partial charge >= 0.3 is 0 Å². The molecule has 2 aromatic rings. The highest BCUT2D eigenvalue weighted by molar-refractivity contribution is 6.30. The highest BCUT2D eigenvalue weighted by Gasteiger charge is 2.36. The molecule has 0 aliphatic heterocycles. The Balaban J connectivity index is 0.00000300. The number of rotatable bonds is 8. The molecule has 29 heavy (non-hydrogen) atoms. The van der Waals surface area contributed by atoms with Crippen LogP contribution in [0.4, 0.5) is 4.39 Å². The van der Waals surface area contributed by atoms with Crippen LogP contribution in [-0.2, 0) is 10.3 Å². The van der Waals surface area contributed by atoms with Crippen molar-refractivity contribution in [1.29, 1.82) is 0 Å². The number of hydrogen-bond acceptors (Lipinski definition) is 3. The molecule has 6 heteroatoms. The maximum absolute atomic E-state index is 12.9. The molecular formula is C23H28Cl2FNO2. The predicted molar refractivity (Wildman–Crippen MR) is 118 cm³/mol. The SMILES string of the molecule is CO[C@]1(c2ccc(Cl)cc2)CC[C@@H](NCCCC(=O)c2ccc(F)cc2)CC1.Cl. The maximum atomic E-state index is 12.9. The molecular weight excluding hydrogens is 412 g/mol. The third-order valence-electron chi connectivity index (χ3n) is 5.73. The van der Waals surface area contributed by atoms with Crippen LogP contribution < -0.4 is 5.32 Å². The minimum atomic E-state index is -0.318. The standard InChI is InChI=1S/C23H27ClFNO2.ClH/c1-28-23(18-6-8-19(24)9-7-18)14-12-21(13-15-23)26-16-2-3-22(27)17-4-10-20(25)11-5-17;/h4-11,21,26H,2-3,12-16H2,1H3;1H/t21-,23-;. The minimum Gasteiger partial charge on any atom is -0.374 e. The van der Waals surface area contributed by atoms with E-state index in [2.05, 4.69) is 17.4 Å². The largest absolute Gasteiger partial charge is 0.374 e. The van der Waals surface area contributed by atoms with E-state index in [1.54, 1.807) is 19.2 Å². The summed E-state index contributed by atoms with van der Waals surface area (Å²) >= 11 is 6.01. The van der Waals surface area contributed by atoms with Crippen LogP contribution in [-0.4, -0.2) is 25.5 Å². The summed E-state index contributed by atoms with van der Waals surface area (Å²) in [6.07, 6.45) is 5.22. The van der Waals surface area contributed by atoms with Crippen molar-refractivity contribution >= 4 is 29.8 Å². The quantitative estimate of drug-likeness (QED) is 0.408. The van der Waals surface area contributed by atoms with Gasteiger partial charge < -0.3 is 10.1 Å². The van der Waals surface area contributed by atoms with Gasteiger partial charge in [0, 0.05) is 30.2 Å². The zero-order valence-electron chi connectivity index (χ0n) is 16.6. The van der Waals surface area contributed by atoms with Gasteiger partial charge in [-0.3, -0.25) is 4.79 Å². The predicted octanol–water partition coefficient (Wildman–Crippen LogP) is 5.94. The van der Waals surface area contributed by atoms with Crippen molar-refractivity contribution in [2.45, 2.75) is 50.2 Å². The van der Waals surface area contributed by atoms with Crippen molar-refractivity contribution in [2.24, 2.45) is 0 Å². The molecule has 0 atom stereocenters. The number of carbonyl (C=O) groups excluding carboxylic acids is 1. The van der Waals surface area contributed by atoms with E-state index in [4.69, 9.17) is 16.3 Å². The summed E-state index contributed by atoms with van der Waals surface area (Å²) in [5.74, 6) is -0.257. The first-order valence-electron chi connectivity index (χ1n) is 9.86. The molecule has 1 aliphatic rings. The van der Waals surface area contributed by atoms with Crippen molar-refractivity contribution in [2.75, 3.05) is 13.7 Å². The fourth-order valence-electron chi connectivity index (χ4n) is 3.99. The molecule has 0 unspecified atom stereocenters. The van der Waals surface area contributed by atoms with Crippen LogP contribution in [0.2, 0.25) is 5.02 Å². The first-order chi connectivity index (χ1) is 13.5. The third kappa shape index (κ3) is 6.26. The number of nitrogens with one attached hydrogen (secondary N) is 1. The first kappa shape index (κ1) is 23.8. The normalized spacial score (nSPS) is 21.4. The molecule has 1 fully saturated rings. The number of hydrogen-bond donors (Lipinski definition) is 1. The van der Waals surface area contributed by atoms with Crippen molar-refractivity contribution in [3.63, 3.8) is 0 Å². The lowest BCUT2D eigenvalue weighted by Gasteiger charge is -2.40. The van der Waals surface area contributed by atoms with Crippen molar-refractivity contribution in [3.05, 3.63) is 70.5 Å². The fourth-order valence-corrected chi connectivity index (χ4v) is 4.11. The molecule has 0 saturated heterocycles. The van der Waals surface area contributed by atoms with Gasteiger partial charge in [-0.1, -0.05) is 23.7 Å². The Bertz CT molecular complexity index is 772. The van der Waals surface area contributed by atoms with Crippen LogP contribution in [0, 0.1) is 5.82 Å². The number of ketones is 1. The summed E-state index contributed by atoms with van der Waals surface area (Å²) in [6.45, 7) is 0.804. The Morgan fingerprint density at radius 3 is 2.34 bits per heavy atom. The molecule has 2 aromatic carbocycles. The van der Waals surface area contributed by atoms with Gasteiger partial charge in [-0.05, 0) is 80.6 Å². The Kier molecular flexibility index (Phi) is 9.09. The van der Waals surface area contributed by atoms with E-state index in [1.165, 1.54) is 17.7 Å². The highest BCUT2D eigenvalue weighted by atomic mass is 35.5. The number of Topliss-reactive ketones (excluding diaryl/α,β-unsaturated/α-hetero) is 1. The first-order valence-corrected chi connectivity index (χ1v) is 10.2. The maximum Gasteiger partial charge on any atom is 0.162 e. The number of methoxy groups -OCH3 is 1. The van der Waals surface area contributed by atoms with Gasteiger partial charge in [-0.15, -0.1) is 12.4 Å². The summed E-state index contributed by atoms with van der Waals surface area (Å²) in [4.78, 5) is 12.1. The van der Waals surface area contributed by atoms with Gasteiger partial charge in [0.2, 0.25) is 0 Å². The van der Waals surface area contributed by atoms with Crippen molar-refractivity contribution < 1.29 is 13.9 Å². The van der Waals surface area contributed by atoms with Crippen LogP contribution >= 0.6 is 24.0 Å². The number of benzene rings is 2. The molecule has 1 saturated carbocycles. The van der Waals surface area contributed by atoms with Crippen LogP contribution in [0.5, 0.6) is 0 Å². The second-order valence-corrected chi connectivity index (χ2v) is 7.90. The van der Waals surface area contributed by atoms with Crippen LogP contribution in [0.15, 0.2) is 48.5 Å². The smallest absolute Gasteiger partial charge is 0.162 e. The molecule has 0 spiro atoms. The minimum absolute atomic E-state index is 0. The molecule has 0 bridgehead atoms. The van der Waals surface area contributed by atoms with Gasteiger partial charge in [0.15, 0.2) is 5.78 Å². The monoisotopic (exact) mass is 439 g/mol. The Morgan fingerprint density at radius 1 is 1.14 bits per heavy atom. The molecule has 0 heterocycles. The topological polar surface area (TPSA) is 38.3 Å². The van der Waals surface area contributed by atoms with E-state index in [0.29, 0.717) is 18.0 Å². The average Bonchev–Trinajstić information content (AvgIpc) is 2.72. The van der Waals surface area contributed by atoms with Crippen LogP contribution in [0.3, 0.4) is 0 Å². The van der Waals surface area contributed by atoms with E-state index in [0.717, 1.165) is 43.7 Å². The van der Waals surface area contributed by atoms with Gasteiger partial charge in [-0.25, -0.2) is 4.39 Å². The lowest BCUT2D eigenvalue weighted by Crippen LogP contribution is -2.41. The third-order valence-corrected chi connectivity index (χ3v) is 5.99. The number of ether oxygens (including phenoxy) is 1. The van der Waals surface area contributed by atoms with E-state index in [1.807, 2.05) is 12.1 Å². The van der Waals surface area contributed by atoms with E-state index >= 15 is 0 Å². The molecule has 0 aromatic heterocycles. The molecule has 1 N–H and O–H groups in total. The van der Waals surface area contributed by atoms with Crippen LogP contribution in [0.1, 0.15) is 54.4 Å². The molecule has 0 amide bonds. The van der Waals surface area contributed by atoms with Gasteiger partial charge in [0.1, 0.15) is 5.82 Å². The average molecular weight is 440 g/mol. The number of carbonyl (C=O) groups is 1. The Labute approximate surface area is 183 Å². The highest BCUT2D eigenvalue weighted by Crippen LogP contribution is 2.40.